The predicted molar refractivity (Wildman–Crippen MR) is 151 cm³/mol. The molecule has 7 aromatic carbocycles. The molecule has 0 unspecified atom stereocenters. The van der Waals surface area contributed by atoms with Gasteiger partial charge in [0.15, 0.2) is 0 Å². The molecule has 0 spiro atoms. The molecule has 0 nitrogen and oxygen atoms in total. The summed E-state index contributed by atoms with van der Waals surface area (Å²) >= 11 is 0. The van der Waals surface area contributed by atoms with Gasteiger partial charge in [-0.25, -0.2) is 0 Å². The fourth-order valence-electron chi connectivity index (χ4n) is 4.72. The van der Waals surface area contributed by atoms with Crippen molar-refractivity contribution in [2.75, 3.05) is 0 Å². The highest BCUT2D eigenvalue weighted by Crippen LogP contribution is 2.51. The fraction of sp³-hybridized carbons (Fsp3) is 0.0857. The van der Waals surface area contributed by atoms with Gasteiger partial charge in [0.25, 0.3) is 0 Å². The predicted octanol–water partition coefficient (Wildman–Crippen LogP) is 9.71. The first-order valence-corrected chi connectivity index (χ1v) is 10.5. The van der Waals surface area contributed by atoms with Crippen molar-refractivity contribution in [1.82, 2.24) is 0 Å². The van der Waals surface area contributed by atoms with Crippen LogP contribution in [0.25, 0.3) is 65.3 Å². The molecule has 1 aliphatic rings. The standard InChI is InChI=1S/C35H24/c1-35(2)31-20-26(14-16-28(31)30-18-24-6-3-4-7-25(24)19-32(30)35)27-15-12-23-11-10-21-8-5-9-22-13-17-29(27)34(23)33(21)22/h3-20H,1-2H3/i1D3,2D3,3D,4D,5D,6D,7D,8D,9D,10D,11D,12D,13D,14D,15D,16D,17D,18D,19D,20D. The highest BCUT2D eigenvalue weighted by Gasteiger charge is 2.36. The number of benzene rings is 7. The molecular formula is C35H24. The normalized spacial score (nSPS) is 24.7. The van der Waals surface area contributed by atoms with Crippen LogP contribution in [0.15, 0.2) is 109 Å². The molecule has 0 fully saturated rings. The summed E-state index contributed by atoms with van der Waals surface area (Å²) in [7, 11) is 0. The van der Waals surface area contributed by atoms with Crippen molar-refractivity contribution in [3.8, 4) is 22.3 Å². The van der Waals surface area contributed by atoms with Gasteiger partial charge in [0.2, 0.25) is 0 Å². The molecule has 0 radical (unpaired) electrons. The maximum Gasteiger partial charge on any atom is 0.0636 e. The molecule has 35 heavy (non-hydrogen) atoms. The monoisotopic (exact) mass is 468 g/mol. The molecule has 0 N–H and O–H groups in total. The van der Waals surface area contributed by atoms with E-state index in [9.17, 15) is 9.60 Å². The summed E-state index contributed by atoms with van der Waals surface area (Å²) in [5.74, 6) is 0. The zero-order valence-electron chi connectivity index (χ0n) is 41.5. The Morgan fingerprint density at radius 1 is 0.514 bits per heavy atom. The highest BCUT2D eigenvalue weighted by atomic mass is 14.4. The summed E-state index contributed by atoms with van der Waals surface area (Å²) in [6.07, 6.45) is 0. The molecule has 8 rings (SSSR count). The van der Waals surface area contributed by atoms with Gasteiger partial charge in [-0.15, -0.1) is 0 Å². The van der Waals surface area contributed by atoms with E-state index in [2.05, 4.69) is 0 Å². The molecule has 0 saturated heterocycles. The number of hydrogen-bond acceptors (Lipinski definition) is 0. The SMILES string of the molecule is [2H]c1c([2H])c2c(c([2H])c1-c1c([2H])c([2H])c3c([2H])c([2H])c4c([2H])c([2H])c([2H])c5c([2H])c([2H])c1c3c45)C(C([2H])([2H])[2H])(C([2H])([2H])[2H])c1c-2c([2H])c2c([2H])c([2H])c([2H])c([2H])c2c1[2H]. The molecular weight excluding hydrogens is 420 g/mol. The van der Waals surface area contributed by atoms with E-state index in [-0.39, 0.29) is 10.8 Å². The summed E-state index contributed by atoms with van der Waals surface area (Å²) in [4.78, 5) is 0. The molecule has 0 heterocycles. The van der Waals surface area contributed by atoms with Crippen LogP contribution < -0.4 is 0 Å². The Morgan fingerprint density at radius 2 is 1.14 bits per heavy atom. The second-order valence-corrected chi connectivity index (χ2v) is 8.25. The lowest BCUT2D eigenvalue weighted by molar-refractivity contribution is 0.661. The van der Waals surface area contributed by atoms with Gasteiger partial charge in [-0.2, -0.15) is 0 Å². The average molecular weight is 469 g/mol. The van der Waals surface area contributed by atoms with E-state index in [4.69, 9.17) is 23.3 Å². The van der Waals surface area contributed by atoms with Gasteiger partial charge >= 0.3 is 0 Å². The molecule has 0 amide bonds. The smallest absolute Gasteiger partial charge is 0.0616 e. The van der Waals surface area contributed by atoms with Crippen LogP contribution in [0.4, 0.5) is 0 Å². The highest BCUT2D eigenvalue weighted by molar-refractivity contribution is 6.25. The quantitative estimate of drug-likeness (QED) is 0.210. The third-order valence-electron chi connectivity index (χ3n) is 6.31. The lowest BCUT2D eigenvalue weighted by Gasteiger charge is -2.22. The molecule has 7 aromatic rings. The van der Waals surface area contributed by atoms with Crippen LogP contribution in [0, 0.1) is 0 Å². The van der Waals surface area contributed by atoms with Crippen molar-refractivity contribution in [2.24, 2.45) is 0 Å². The fourth-order valence-corrected chi connectivity index (χ4v) is 4.72. The molecule has 0 aliphatic heterocycles. The Labute approximate surface area is 238 Å². The van der Waals surface area contributed by atoms with Crippen LogP contribution in [0.3, 0.4) is 0 Å². The van der Waals surface area contributed by atoms with Crippen LogP contribution >= 0.6 is 0 Å². The van der Waals surface area contributed by atoms with E-state index < -0.39 is 194 Å². The van der Waals surface area contributed by atoms with Crippen LogP contribution in [0.5, 0.6) is 0 Å². The number of rotatable bonds is 1. The van der Waals surface area contributed by atoms with Gasteiger partial charge < -0.3 is 0 Å². The van der Waals surface area contributed by atoms with E-state index in [1.807, 2.05) is 0 Å². The van der Waals surface area contributed by atoms with E-state index in [0.717, 1.165) is 0 Å². The van der Waals surface area contributed by atoms with Crippen LogP contribution in [0.2, 0.25) is 0 Å². The molecule has 0 atom stereocenters. The Hall–Kier alpha value is -4.16. The lowest BCUT2D eigenvalue weighted by atomic mass is 9.80. The third-order valence-corrected chi connectivity index (χ3v) is 6.31. The molecule has 164 valence electrons. The van der Waals surface area contributed by atoms with Crippen molar-refractivity contribution in [1.29, 1.82) is 0 Å². The second-order valence-electron chi connectivity index (χ2n) is 8.25. The topological polar surface area (TPSA) is 0 Å². The molecule has 0 heteroatoms. The summed E-state index contributed by atoms with van der Waals surface area (Å²) in [6.45, 7) is -7.64. The van der Waals surface area contributed by atoms with Gasteiger partial charge in [-0.3, -0.25) is 0 Å². The van der Waals surface area contributed by atoms with Crippen molar-refractivity contribution >= 4 is 43.1 Å². The van der Waals surface area contributed by atoms with Gasteiger partial charge in [0.05, 0.1) is 24.7 Å². The number of hydrogen-bond donors (Lipinski definition) is 0. The van der Waals surface area contributed by atoms with Gasteiger partial charge in [-0.05, 0) is 94.6 Å². The summed E-state index contributed by atoms with van der Waals surface area (Å²) in [5.41, 5.74) is -8.78. The number of fused-ring (bicyclic) bond motifs is 4. The molecule has 1 aliphatic carbocycles. The van der Waals surface area contributed by atoms with Gasteiger partial charge in [0, 0.05) is 13.6 Å². The van der Waals surface area contributed by atoms with Gasteiger partial charge in [0.1, 0.15) is 0 Å². The maximum absolute atomic E-state index is 9.70. The summed E-state index contributed by atoms with van der Waals surface area (Å²) in [5, 5.41) is -3.85. The minimum absolute atomic E-state index is 0.292. The first-order valence-electron chi connectivity index (χ1n) is 22.5. The first-order chi connectivity index (χ1) is 27.1. The zero-order chi connectivity index (χ0) is 44.0. The Kier molecular flexibility index (Phi) is 1.33. The molecule has 0 saturated carbocycles. The van der Waals surface area contributed by atoms with Crippen molar-refractivity contribution in [3.63, 3.8) is 0 Å². The third kappa shape index (κ3) is 2.47. The lowest BCUT2D eigenvalue weighted by Crippen LogP contribution is -2.15. The minimum Gasteiger partial charge on any atom is -0.0616 e. The van der Waals surface area contributed by atoms with Crippen LogP contribution in [-0.2, 0) is 5.41 Å². The Balaban J connectivity index is 1.69. The summed E-state index contributed by atoms with van der Waals surface area (Å²) in [6, 6.07) is -15.8. The molecule has 0 bridgehead atoms. The van der Waals surface area contributed by atoms with Crippen LogP contribution in [0.1, 0.15) is 57.7 Å². The Morgan fingerprint density at radius 3 is 1.94 bits per heavy atom. The average Bonchev–Trinajstić information content (AvgIpc) is 3.50. The van der Waals surface area contributed by atoms with Crippen molar-refractivity contribution in [2.45, 2.75) is 19.1 Å². The van der Waals surface area contributed by atoms with E-state index in [1.54, 1.807) is 0 Å². The summed E-state index contributed by atoms with van der Waals surface area (Å²) < 4.78 is 213. The minimum atomic E-state index is -3.82. The first kappa shape index (κ1) is 7.18. The molecule has 0 aromatic heterocycles. The van der Waals surface area contributed by atoms with E-state index in [1.165, 1.54) is 0 Å². The van der Waals surface area contributed by atoms with Crippen molar-refractivity contribution in [3.05, 3.63) is 120 Å². The van der Waals surface area contributed by atoms with E-state index in [0.29, 0.717) is 0 Å². The largest absolute Gasteiger partial charge is 0.0636 e. The van der Waals surface area contributed by atoms with Gasteiger partial charge in [-0.1, -0.05) is 104 Å². The zero-order valence-corrected chi connectivity index (χ0v) is 17.5. The second kappa shape index (κ2) is 6.49. The van der Waals surface area contributed by atoms with Crippen LogP contribution in [-0.4, -0.2) is 0 Å². The van der Waals surface area contributed by atoms with E-state index >= 15 is 0 Å². The maximum atomic E-state index is 9.70. The van der Waals surface area contributed by atoms with Crippen molar-refractivity contribution < 1.29 is 32.9 Å². The Bertz CT molecular complexity index is 3120.